The van der Waals surface area contributed by atoms with Crippen LogP contribution in [0.25, 0.3) is 0 Å². The summed E-state index contributed by atoms with van der Waals surface area (Å²) < 4.78 is 41.5. The summed E-state index contributed by atoms with van der Waals surface area (Å²) in [5.74, 6) is 0. The molecule has 7 heteroatoms. The van der Waals surface area contributed by atoms with Gasteiger partial charge in [0.2, 0.25) is 0 Å². The first-order chi connectivity index (χ1) is 7.45. The lowest BCUT2D eigenvalue weighted by molar-refractivity contribution is -0.447. The molecular formula is C9H9F3O3S. The van der Waals surface area contributed by atoms with Gasteiger partial charge in [-0.1, -0.05) is 5.04 Å². The van der Waals surface area contributed by atoms with Crippen molar-refractivity contribution in [1.29, 1.82) is 0 Å². The first-order valence-electron chi connectivity index (χ1n) is 4.17. The van der Waals surface area contributed by atoms with Gasteiger partial charge in [-0.25, -0.2) is 4.89 Å². The molecule has 0 spiro atoms. The van der Waals surface area contributed by atoms with E-state index in [1.807, 2.05) is 0 Å². The molecule has 1 rings (SSSR count). The molecule has 0 saturated carbocycles. The van der Waals surface area contributed by atoms with Gasteiger partial charge in [0.1, 0.15) is 0 Å². The second-order valence-electron chi connectivity index (χ2n) is 2.86. The van der Waals surface area contributed by atoms with Crippen LogP contribution in [0.15, 0.2) is 23.1 Å². The van der Waals surface area contributed by atoms with E-state index in [-0.39, 0.29) is 0 Å². The van der Waals surface area contributed by atoms with E-state index in [0.29, 0.717) is 10.5 Å². The number of halogens is 3. The van der Waals surface area contributed by atoms with E-state index >= 15 is 0 Å². The summed E-state index contributed by atoms with van der Waals surface area (Å²) in [6.07, 6.45) is -4.34. The standard InChI is InChI=1S/C9H9F3O3S/c1-6-5-7(9(10,11)12)3-4-8(6)16-15-14-13-2/h3-5H,1-2H3. The van der Waals surface area contributed by atoms with Crippen LogP contribution in [0.4, 0.5) is 13.2 Å². The van der Waals surface area contributed by atoms with E-state index in [9.17, 15) is 13.2 Å². The summed E-state index contributed by atoms with van der Waals surface area (Å²) in [5, 5.41) is 4.13. The monoisotopic (exact) mass is 254 g/mol. The van der Waals surface area contributed by atoms with Gasteiger partial charge in [0, 0.05) is 4.90 Å². The van der Waals surface area contributed by atoms with Crippen molar-refractivity contribution in [2.24, 2.45) is 0 Å². The largest absolute Gasteiger partial charge is 0.416 e. The lowest BCUT2D eigenvalue weighted by atomic mass is 10.1. The third kappa shape index (κ3) is 3.67. The molecule has 0 aromatic heterocycles. The zero-order valence-electron chi connectivity index (χ0n) is 8.50. The van der Waals surface area contributed by atoms with Crippen molar-refractivity contribution in [3.8, 4) is 0 Å². The van der Waals surface area contributed by atoms with Gasteiger partial charge in [-0.2, -0.15) is 13.2 Å². The molecule has 0 bridgehead atoms. The van der Waals surface area contributed by atoms with Gasteiger partial charge >= 0.3 is 6.18 Å². The number of hydrogen-bond donors (Lipinski definition) is 0. The quantitative estimate of drug-likeness (QED) is 0.355. The zero-order valence-corrected chi connectivity index (χ0v) is 9.32. The fraction of sp³-hybridized carbons (Fsp3) is 0.333. The molecule has 0 unspecified atom stereocenters. The van der Waals surface area contributed by atoms with Crippen LogP contribution < -0.4 is 0 Å². The molecule has 0 radical (unpaired) electrons. The van der Waals surface area contributed by atoms with Crippen molar-refractivity contribution in [3.05, 3.63) is 29.3 Å². The molecule has 0 atom stereocenters. The third-order valence-corrected chi connectivity index (χ3v) is 2.48. The number of alkyl halides is 3. The van der Waals surface area contributed by atoms with Crippen LogP contribution >= 0.6 is 12.0 Å². The van der Waals surface area contributed by atoms with Gasteiger partial charge in [-0.05, 0) is 30.7 Å². The van der Waals surface area contributed by atoms with Gasteiger partial charge < -0.3 is 0 Å². The molecule has 0 amide bonds. The van der Waals surface area contributed by atoms with Crippen molar-refractivity contribution < 1.29 is 27.4 Å². The summed E-state index contributed by atoms with van der Waals surface area (Å²) in [5.41, 5.74) is -0.249. The fourth-order valence-corrected chi connectivity index (χ4v) is 1.47. The van der Waals surface area contributed by atoms with E-state index in [0.717, 1.165) is 24.2 Å². The van der Waals surface area contributed by atoms with E-state index in [4.69, 9.17) is 0 Å². The minimum absolute atomic E-state index is 0.444. The van der Waals surface area contributed by atoms with Gasteiger partial charge in [0.05, 0.1) is 24.7 Å². The summed E-state index contributed by atoms with van der Waals surface area (Å²) in [7, 11) is 1.25. The second-order valence-corrected chi connectivity index (χ2v) is 3.61. The molecule has 1 aromatic rings. The molecule has 0 saturated heterocycles. The van der Waals surface area contributed by atoms with Crippen LogP contribution in [-0.2, 0) is 20.4 Å². The SMILES string of the molecule is COOOSc1ccc(C(F)(F)F)cc1C. The Morgan fingerprint density at radius 1 is 1.25 bits per heavy atom. The molecule has 0 aliphatic carbocycles. The smallest absolute Gasteiger partial charge is 0.209 e. The lowest BCUT2D eigenvalue weighted by Gasteiger charge is -2.09. The van der Waals surface area contributed by atoms with Crippen LogP contribution in [0.3, 0.4) is 0 Å². The van der Waals surface area contributed by atoms with Gasteiger partial charge in [0.25, 0.3) is 0 Å². The molecule has 16 heavy (non-hydrogen) atoms. The Kier molecular flexibility index (Phi) is 4.60. The van der Waals surface area contributed by atoms with Crippen molar-refractivity contribution >= 4 is 12.0 Å². The van der Waals surface area contributed by atoms with Crippen LogP contribution in [0.5, 0.6) is 0 Å². The Labute approximate surface area is 94.6 Å². The molecule has 3 nitrogen and oxygen atoms in total. The molecule has 0 fully saturated rings. The van der Waals surface area contributed by atoms with Crippen LogP contribution in [-0.4, -0.2) is 7.11 Å². The molecule has 1 aromatic carbocycles. The predicted octanol–water partition coefficient (Wildman–Crippen LogP) is 3.53. The molecule has 0 N–H and O–H groups in total. The third-order valence-electron chi connectivity index (χ3n) is 1.72. The minimum Gasteiger partial charge on any atom is -0.209 e. The van der Waals surface area contributed by atoms with Crippen molar-refractivity contribution in [3.63, 3.8) is 0 Å². The Hall–Kier alpha value is -0.760. The van der Waals surface area contributed by atoms with E-state index < -0.39 is 11.7 Å². The average Bonchev–Trinajstić information content (AvgIpc) is 2.19. The summed E-state index contributed by atoms with van der Waals surface area (Å²) >= 11 is 0.776. The highest BCUT2D eigenvalue weighted by atomic mass is 32.2. The highest BCUT2D eigenvalue weighted by molar-refractivity contribution is 7.94. The Bertz CT molecular complexity index is 354. The van der Waals surface area contributed by atoms with E-state index in [2.05, 4.69) is 14.3 Å². The predicted molar refractivity (Wildman–Crippen MR) is 51.2 cm³/mol. The van der Waals surface area contributed by atoms with Crippen LogP contribution in [0.1, 0.15) is 11.1 Å². The maximum absolute atomic E-state index is 12.3. The lowest BCUT2D eigenvalue weighted by Crippen LogP contribution is -2.05. The molecule has 0 aliphatic rings. The second kappa shape index (κ2) is 5.53. The normalized spacial score (nSPS) is 11.8. The number of aryl methyl sites for hydroxylation is 1. The average molecular weight is 254 g/mol. The van der Waals surface area contributed by atoms with Gasteiger partial charge in [-0.3, -0.25) is 0 Å². The highest BCUT2D eigenvalue weighted by Crippen LogP contribution is 2.33. The van der Waals surface area contributed by atoms with Crippen molar-refractivity contribution in [1.82, 2.24) is 0 Å². The molecular weight excluding hydrogens is 245 g/mol. The maximum Gasteiger partial charge on any atom is 0.416 e. The Morgan fingerprint density at radius 3 is 2.44 bits per heavy atom. The fourth-order valence-electron chi connectivity index (χ4n) is 0.998. The maximum atomic E-state index is 12.3. The van der Waals surface area contributed by atoms with Gasteiger partial charge in [-0.15, -0.1) is 4.33 Å². The number of rotatable bonds is 4. The van der Waals surface area contributed by atoms with E-state index in [1.54, 1.807) is 6.92 Å². The summed E-state index contributed by atoms with van der Waals surface area (Å²) in [6, 6.07) is 3.33. The van der Waals surface area contributed by atoms with Crippen molar-refractivity contribution in [2.45, 2.75) is 18.0 Å². The van der Waals surface area contributed by atoms with Gasteiger partial charge in [0.15, 0.2) is 0 Å². The van der Waals surface area contributed by atoms with Crippen LogP contribution in [0, 0.1) is 6.92 Å². The summed E-state index contributed by atoms with van der Waals surface area (Å²) in [4.78, 5) is 4.68. The first-order valence-corrected chi connectivity index (χ1v) is 4.91. The molecule has 0 aliphatic heterocycles. The van der Waals surface area contributed by atoms with Crippen molar-refractivity contribution in [2.75, 3.05) is 7.11 Å². The Balaban J connectivity index is 2.76. The first kappa shape index (κ1) is 13.3. The van der Waals surface area contributed by atoms with Crippen LogP contribution in [0.2, 0.25) is 0 Å². The molecule has 90 valence electrons. The summed E-state index contributed by atoms with van der Waals surface area (Å²) in [6.45, 7) is 1.55. The minimum atomic E-state index is -4.34. The number of hydrogen-bond acceptors (Lipinski definition) is 4. The zero-order chi connectivity index (χ0) is 12.2. The Morgan fingerprint density at radius 2 is 1.94 bits per heavy atom. The molecule has 0 heterocycles. The topological polar surface area (TPSA) is 27.7 Å². The van der Waals surface area contributed by atoms with E-state index in [1.165, 1.54) is 13.2 Å². The number of benzene rings is 1. The highest BCUT2D eigenvalue weighted by Gasteiger charge is 2.30.